The molecule has 6 nitrogen and oxygen atoms in total. The summed E-state index contributed by atoms with van der Waals surface area (Å²) in [5.41, 5.74) is 1.56. The third kappa shape index (κ3) is 4.35. The molecule has 1 N–H and O–H groups in total. The van der Waals surface area contributed by atoms with Crippen LogP contribution in [0.1, 0.15) is 18.5 Å². The van der Waals surface area contributed by atoms with Crippen LogP contribution in [0.5, 0.6) is 5.88 Å². The van der Waals surface area contributed by atoms with Gasteiger partial charge in [-0.1, -0.05) is 11.6 Å². The molecule has 1 unspecified atom stereocenters. The van der Waals surface area contributed by atoms with Gasteiger partial charge < -0.3 is 15.0 Å². The predicted molar refractivity (Wildman–Crippen MR) is 92.5 cm³/mol. The molecule has 0 radical (unpaired) electrons. The summed E-state index contributed by atoms with van der Waals surface area (Å²) in [6.45, 7) is 3.11. The van der Waals surface area contributed by atoms with Crippen LogP contribution in [-0.2, 0) is 0 Å². The van der Waals surface area contributed by atoms with Crippen LogP contribution >= 0.6 is 11.6 Å². The molecule has 0 aliphatic carbocycles. The maximum atomic E-state index is 12.4. The van der Waals surface area contributed by atoms with Crippen molar-refractivity contribution in [1.29, 1.82) is 0 Å². The van der Waals surface area contributed by atoms with Crippen LogP contribution in [0.3, 0.4) is 0 Å². The molecule has 1 aliphatic heterocycles. The van der Waals surface area contributed by atoms with E-state index in [2.05, 4.69) is 15.5 Å². The minimum absolute atomic E-state index is 0.0771. The van der Waals surface area contributed by atoms with Crippen molar-refractivity contribution in [3.8, 4) is 5.88 Å². The molecule has 1 atom stereocenters. The molecule has 2 amide bonds. The van der Waals surface area contributed by atoms with E-state index in [4.69, 9.17) is 16.3 Å². The number of piperidine rings is 1. The SMILES string of the molecule is Cc1ccc(OC2CCCN(C(=O)Nc3ccc(Cl)cc3)C2)nn1. The molecule has 1 aromatic heterocycles. The fraction of sp³-hybridized carbons (Fsp3) is 0.353. The standard InChI is InChI=1S/C17H19ClN4O2/c1-12-4-9-16(21-20-12)24-15-3-2-10-22(11-15)17(23)19-14-7-5-13(18)6-8-14/h4-9,15H,2-3,10-11H2,1H3,(H,19,23). The Kier molecular flexibility index (Phi) is 5.15. The van der Waals surface area contributed by atoms with Crippen LogP contribution in [0.4, 0.5) is 10.5 Å². The summed E-state index contributed by atoms with van der Waals surface area (Å²) in [5, 5.41) is 11.5. The van der Waals surface area contributed by atoms with Crippen LogP contribution < -0.4 is 10.1 Å². The van der Waals surface area contributed by atoms with Gasteiger partial charge in [-0.2, -0.15) is 5.10 Å². The highest BCUT2D eigenvalue weighted by molar-refractivity contribution is 6.30. The van der Waals surface area contributed by atoms with Crippen LogP contribution in [-0.4, -0.2) is 40.3 Å². The molecule has 2 heterocycles. The highest BCUT2D eigenvalue weighted by atomic mass is 35.5. The van der Waals surface area contributed by atoms with Gasteiger partial charge in [-0.25, -0.2) is 4.79 Å². The van der Waals surface area contributed by atoms with E-state index in [-0.39, 0.29) is 12.1 Å². The largest absolute Gasteiger partial charge is 0.471 e. The number of aromatic nitrogens is 2. The van der Waals surface area contributed by atoms with Gasteiger partial charge in [0.1, 0.15) is 6.10 Å². The number of benzene rings is 1. The van der Waals surface area contributed by atoms with Crippen LogP contribution in [0.2, 0.25) is 5.02 Å². The average molecular weight is 347 g/mol. The van der Waals surface area contributed by atoms with Crippen molar-refractivity contribution in [3.05, 3.63) is 47.1 Å². The normalized spacial score (nSPS) is 17.4. The first kappa shape index (κ1) is 16.5. The number of hydrogen-bond acceptors (Lipinski definition) is 4. The number of rotatable bonds is 3. The third-order valence-electron chi connectivity index (χ3n) is 3.82. The van der Waals surface area contributed by atoms with Gasteiger partial charge in [0.15, 0.2) is 0 Å². The second kappa shape index (κ2) is 7.49. The number of halogens is 1. The molecule has 1 aliphatic rings. The van der Waals surface area contributed by atoms with E-state index < -0.39 is 0 Å². The van der Waals surface area contributed by atoms with E-state index >= 15 is 0 Å². The molecule has 0 bridgehead atoms. The topological polar surface area (TPSA) is 67.3 Å². The number of nitrogens with zero attached hydrogens (tertiary/aromatic N) is 3. The van der Waals surface area contributed by atoms with Gasteiger partial charge in [0.05, 0.1) is 12.2 Å². The van der Waals surface area contributed by atoms with Crippen molar-refractivity contribution in [2.45, 2.75) is 25.9 Å². The zero-order valence-electron chi connectivity index (χ0n) is 13.4. The Labute approximate surface area is 145 Å². The second-order valence-corrected chi connectivity index (χ2v) is 6.21. The molecule has 2 aromatic rings. The van der Waals surface area contributed by atoms with Crippen LogP contribution in [0.15, 0.2) is 36.4 Å². The molecule has 1 aromatic carbocycles. The van der Waals surface area contributed by atoms with Gasteiger partial charge in [0, 0.05) is 23.3 Å². The highest BCUT2D eigenvalue weighted by Gasteiger charge is 2.25. The number of aryl methyl sites for hydroxylation is 1. The quantitative estimate of drug-likeness (QED) is 0.923. The molecule has 3 rings (SSSR count). The number of carbonyl (C=O) groups excluding carboxylic acids is 1. The zero-order chi connectivity index (χ0) is 16.9. The van der Waals surface area contributed by atoms with Gasteiger partial charge in [-0.05, 0) is 50.1 Å². The van der Waals surface area contributed by atoms with Crippen molar-refractivity contribution in [2.75, 3.05) is 18.4 Å². The molecule has 7 heteroatoms. The second-order valence-electron chi connectivity index (χ2n) is 5.78. The predicted octanol–water partition coefficient (Wildman–Crippen LogP) is 3.51. The molecule has 126 valence electrons. The smallest absolute Gasteiger partial charge is 0.321 e. The van der Waals surface area contributed by atoms with E-state index in [0.717, 1.165) is 24.2 Å². The first-order valence-electron chi connectivity index (χ1n) is 7.88. The Hall–Kier alpha value is -2.34. The molecule has 0 spiro atoms. The van der Waals surface area contributed by atoms with Crippen molar-refractivity contribution in [1.82, 2.24) is 15.1 Å². The highest BCUT2D eigenvalue weighted by Crippen LogP contribution is 2.18. The Bertz CT molecular complexity index is 691. The van der Waals surface area contributed by atoms with Crippen molar-refractivity contribution in [3.63, 3.8) is 0 Å². The maximum absolute atomic E-state index is 12.4. The Morgan fingerprint density at radius 2 is 2.04 bits per heavy atom. The lowest BCUT2D eigenvalue weighted by Crippen LogP contribution is -2.46. The molecule has 0 saturated carbocycles. The number of amides is 2. The van der Waals surface area contributed by atoms with E-state index in [9.17, 15) is 4.79 Å². The lowest BCUT2D eigenvalue weighted by atomic mass is 10.1. The maximum Gasteiger partial charge on any atom is 0.321 e. The van der Waals surface area contributed by atoms with E-state index in [1.54, 1.807) is 35.2 Å². The summed E-state index contributed by atoms with van der Waals surface area (Å²) in [4.78, 5) is 14.1. The number of ether oxygens (including phenoxy) is 1. The Balaban J connectivity index is 1.57. The molecule has 1 fully saturated rings. The summed E-state index contributed by atoms with van der Waals surface area (Å²) < 4.78 is 5.84. The lowest BCUT2D eigenvalue weighted by molar-refractivity contribution is 0.102. The monoisotopic (exact) mass is 346 g/mol. The van der Waals surface area contributed by atoms with Gasteiger partial charge in [0.2, 0.25) is 5.88 Å². The van der Waals surface area contributed by atoms with Crippen molar-refractivity contribution >= 4 is 23.3 Å². The fourth-order valence-electron chi connectivity index (χ4n) is 2.57. The Morgan fingerprint density at radius 1 is 1.25 bits per heavy atom. The zero-order valence-corrected chi connectivity index (χ0v) is 14.2. The summed E-state index contributed by atoms with van der Waals surface area (Å²) in [7, 11) is 0. The molecular weight excluding hydrogens is 328 g/mol. The minimum atomic E-state index is -0.138. The summed E-state index contributed by atoms with van der Waals surface area (Å²) in [6, 6.07) is 10.6. The molecular formula is C17H19ClN4O2. The lowest BCUT2D eigenvalue weighted by Gasteiger charge is -2.32. The molecule has 1 saturated heterocycles. The first-order chi connectivity index (χ1) is 11.6. The number of anilines is 1. The van der Waals surface area contributed by atoms with Gasteiger partial charge >= 0.3 is 6.03 Å². The average Bonchev–Trinajstić information content (AvgIpc) is 2.59. The van der Waals surface area contributed by atoms with Crippen molar-refractivity contribution in [2.24, 2.45) is 0 Å². The van der Waals surface area contributed by atoms with Gasteiger partial charge in [0.25, 0.3) is 0 Å². The number of nitrogens with one attached hydrogen (secondary N) is 1. The summed E-state index contributed by atoms with van der Waals surface area (Å²) in [5.74, 6) is 0.491. The summed E-state index contributed by atoms with van der Waals surface area (Å²) >= 11 is 5.85. The number of urea groups is 1. The Morgan fingerprint density at radius 3 is 2.75 bits per heavy atom. The summed E-state index contributed by atoms with van der Waals surface area (Å²) in [6.07, 6.45) is 1.70. The fourth-order valence-corrected chi connectivity index (χ4v) is 2.70. The molecule has 24 heavy (non-hydrogen) atoms. The third-order valence-corrected chi connectivity index (χ3v) is 4.07. The van der Waals surface area contributed by atoms with Gasteiger partial charge in [-0.3, -0.25) is 0 Å². The van der Waals surface area contributed by atoms with E-state index in [1.165, 1.54) is 0 Å². The van der Waals surface area contributed by atoms with Crippen LogP contribution in [0, 0.1) is 6.92 Å². The van der Waals surface area contributed by atoms with Crippen LogP contribution in [0.25, 0.3) is 0 Å². The van der Waals surface area contributed by atoms with E-state index in [0.29, 0.717) is 24.0 Å². The van der Waals surface area contributed by atoms with Crippen molar-refractivity contribution < 1.29 is 9.53 Å². The van der Waals surface area contributed by atoms with Gasteiger partial charge in [-0.15, -0.1) is 5.10 Å². The number of carbonyl (C=O) groups is 1. The number of likely N-dealkylation sites (tertiary alicyclic amines) is 1. The van der Waals surface area contributed by atoms with E-state index in [1.807, 2.05) is 13.0 Å². The number of hydrogen-bond donors (Lipinski definition) is 1. The minimum Gasteiger partial charge on any atom is -0.471 e. The first-order valence-corrected chi connectivity index (χ1v) is 8.26.